The van der Waals surface area contributed by atoms with Crippen LogP contribution in [0.2, 0.25) is 0 Å². The molecule has 0 fully saturated rings. The van der Waals surface area contributed by atoms with Gasteiger partial charge in [-0.3, -0.25) is 19.2 Å². The lowest BCUT2D eigenvalue weighted by atomic mass is 10.2. The van der Waals surface area contributed by atoms with E-state index in [1.165, 1.54) is 0 Å². The van der Waals surface area contributed by atoms with Crippen LogP contribution in [0, 0.1) is 0 Å². The first-order valence-corrected chi connectivity index (χ1v) is 4.70. The number of nitrogens with one attached hydrogen (secondary N) is 2. The van der Waals surface area contributed by atoms with Crippen LogP contribution in [0.25, 0.3) is 0 Å². The molecule has 96 valence electrons. The molecule has 0 aromatic rings. The molecular formula is C8H15N5O4. The van der Waals surface area contributed by atoms with Crippen LogP contribution in [0.1, 0.15) is 6.42 Å². The van der Waals surface area contributed by atoms with Crippen LogP contribution in [0.3, 0.4) is 0 Å². The molecule has 0 heterocycles. The minimum absolute atomic E-state index is 0.256. The van der Waals surface area contributed by atoms with Crippen LogP contribution in [0.5, 0.6) is 0 Å². The molecule has 0 aliphatic carbocycles. The Kier molecular flexibility index (Phi) is 6.26. The summed E-state index contributed by atoms with van der Waals surface area (Å²) in [5.41, 5.74) is 14.8. The van der Waals surface area contributed by atoms with Gasteiger partial charge in [-0.15, -0.1) is 0 Å². The number of carbonyl (C=O) groups is 4. The lowest BCUT2D eigenvalue weighted by Gasteiger charge is -2.13. The monoisotopic (exact) mass is 245 g/mol. The Morgan fingerprint density at radius 2 is 1.65 bits per heavy atom. The van der Waals surface area contributed by atoms with Crippen molar-refractivity contribution in [2.24, 2.45) is 17.2 Å². The van der Waals surface area contributed by atoms with E-state index in [2.05, 4.69) is 10.6 Å². The van der Waals surface area contributed by atoms with Gasteiger partial charge >= 0.3 is 0 Å². The number of hydrogen-bond donors (Lipinski definition) is 5. The second-order valence-electron chi connectivity index (χ2n) is 3.17. The topological polar surface area (TPSA) is 170 Å². The van der Waals surface area contributed by atoms with Gasteiger partial charge in [-0.1, -0.05) is 0 Å². The van der Waals surface area contributed by atoms with Crippen molar-refractivity contribution in [2.45, 2.75) is 12.5 Å². The van der Waals surface area contributed by atoms with Gasteiger partial charge < -0.3 is 27.8 Å². The molecule has 1 atom stereocenters. The lowest BCUT2D eigenvalue weighted by molar-refractivity contribution is -0.130. The molecule has 0 bridgehead atoms. The predicted octanol–water partition coefficient (Wildman–Crippen LogP) is -4.09. The number of rotatable bonds is 7. The molecular weight excluding hydrogens is 230 g/mol. The second-order valence-corrected chi connectivity index (χ2v) is 3.17. The molecule has 0 aliphatic heterocycles. The molecule has 0 aromatic heterocycles. The Balaban J connectivity index is 4.17. The van der Waals surface area contributed by atoms with Gasteiger partial charge in [0.25, 0.3) is 0 Å². The van der Waals surface area contributed by atoms with Gasteiger partial charge in [0.1, 0.15) is 6.04 Å². The summed E-state index contributed by atoms with van der Waals surface area (Å²) in [5.74, 6) is -2.86. The molecule has 9 nitrogen and oxygen atoms in total. The molecule has 0 radical (unpaired) electrons. The molecule has 0 saturated carbocycles. The van der Waals surface area contributed by atoms with E-state index in [1.54, 1.807) is 0 Å². The van der Waals surface area contributed by atoms with Crippen molar-refractivity contribution in [1.82, 2.24) is 10.6 Å². The van der Waals surface area contributed by atoms with E-state index in [9.17, 15) is 19.2 Å². The summed E-state index contributed by atoms with van der Waals surface area (Å²) in [6.07, 6.45) is -0.397. The van der Waals surface area contributed by atoms with Crippen LogP contribution in [0.15, 0.2) is 0 Å². The highest BCUT2D eigenvalue weighted by Crippen LogP contribution is 1.89. The zero-order valence-electron chi connectivity index (χ0n) is 9.06. The molecule has 0 aromatic carbocycles. The fourth-order valence-electron chi connectivity index (χ4n) is 0.920. The quantitative estimate of drug-likeness (QED) is 0.306. The first kappa shape index (κ1) is 14.8. The predicted molar refractivity (Wildman–Crippen MR) is 57.0 cm³/mol. The van der Waals surface area contributed by atoms with Crippen molar-refractivity contribution < 1.29 is 19.2 Å². The third kappa shape index (κ3) is 6.84. The Morgan fingerprint density at radius 3 is 2.06 bits per heavy atom. The normalized spacial score (nSPS) is 11.4. The molecule has 0 aliphatic rings. The first-order chi connectivity index (χ1) is 7.86. The summed E-state index contributed by atoms with van der Waals surface area (Å²) >= 11 is 0. The number of amides is 4. The molecule has 0 spiro atoms. The maximum Gasteiger partial charge on any atom is 0.240 e. The molecule has 8 N–H and O–H groups in total. The van der Waals surface area contributed by atoms with E-state index < -0.39 is 36.1 Å². The summed E-state index contributed by atoms with van der Waals surface area (Å²) in [4.78, 5) is 43.4. The maximum absolute atomic E-state index is 11.2. The van der Waals surface area contributed by atoms with E-state index >= 15 is 0 Å². The highest BCUT2D eigenvalue weighted by Gasteiger charge is 2.20. The molecule has 4 amide bonds. The average molecular weight is 245 g/mol. The van der Waals surface area contributed by atoms with E-state index in [1.807, 2.05) is 0 Å². The van der Waals surface area contributed by atoms with E-state index in [0.717, 1.165) is 0 Å². The zero-order valence-corrected chi connectivity index (χ0v) is 9.06. The van der Waals surface area contributed by atoms with Gasteiger partial charge in [0.2, 0.25) is 23.6 Å². The van der Waals surface area contributed by atoms with Crippen LogP contribution in [-0.2, 0) is 19.2 Å². The fraction of sp³-hybridized carbons (Fsp3) is 0.500. The Morgan fingerprint density at radius 1 is 1.06 bits per heavy atom. The van der Waals surface area contributed by atoms with Crippen molar-refractivity contribution >= 4 is 23.6 Å². The average Bonchev–Trinajstić information content (AvgIpc) is 2.24. The third-order valence-corrected chi connectivity index (χ3v) is 1.72. The van der Waals surface area contributed by atoms with Crippen molar-refractivity contribution in [3.8, 4) is 0 Å². The Labute approximate surface area is 97.1 Å². The summed E-state index contributed by atoms with van der Waals surface area (Å²) in [7, 11) is 0. The van der Waals surface area contributed by atoms with Crippen molar-refractivity contribution in [3.05, 3.63) is 0 Å². The Hall–Kier alpha value is -2.16. The summed E-state index contributed by atoms with van der Waals surface area (Å²) in [6.45, 7) is -0.619. The number of hydrogen-bond acceptors (Lipinski definition) is 5. The van der Waals surface area contributed by atoms with E-state index in [4.69, 9.17) is 17.2 Å². The highest BCUT2D eigenvalue weighted by atomic mass is 16.2. The van der Waals surface area contributed by atoms with Crippen molar-refractivity contribution in [1.29, 1.82) is 0 Å². The SMILES string of the molecule is NCC(=O)NCC(=O)N[C@@H](CC(N)=O)C(N)=O. The number of carbonyl (C=O) groups excluding carboxylic acids is 4. The first-order valence-electron chi connectivity index (χ1n) is 4.70. The van der Waals surface area contributed by atoms with Gasteiger partial charge in [0.05, 0.1) is 19.5 Å². The van der Waals surface area contributed by atoms with Crippen LogP contribution >= 0.6 is 0 Å². The minimum atomic E-state index is -1.19. The number of nitrogens with two attached hydrogens (primary N) is 3. The highest BCUT2D eigenvalue weighted by molar-refractivity contribution is 5.92. The Bertz CT molecular complexity index is 330. The fourth-order valence-corrected chi connectivity index (χ4v) is 0.920. The number of primary amides is 2. The van der Waals surface area contributed by atoms with Crippen LogP contribution in [-0.4, -0.2) is 42.8 Å². The standard InChI is InChI=1S/C8H15N5O4/c9-2-6(15)12-3-7(16)13-4(8(11)17)1-5(10)14/h4H,1-3,9H2,(H2,10,14)(H2,11,17)(H,12,15)(H,13,16)/t4-/m0/s1. The minimum Gasteiger partial charge on any atom is -0.370 e. The van der Waals surface area contributed by atoms with Gasteiger partial charge in [-0.05, 0) is 0 Å². The summed E-state index contributed by atoms with van der Waals surface area (Å²) in [6, 6.07) is -1.19. The molecule has 17 heavy (non-hydrogen) atoms. The van der Waals surface area contributed by atoms with Gasteiger partial charge in [0, 0.05) is 0 Å². The molecule has 9 heteroatoms. The largest absolute Gasteiger partial charge is 0.370 e. The van der Waals surface area contributed by atoms with Gasteiger partial charge in [-0.25, -0.2) is 0 Å². The van der Waals surface area contributed by atoms with Gasteiger partial charge in [-0.2, -0.15) is 0 Å². The van der Waals surface area contributed by atoms with Crippen molar-refractivity contribution in [3.63, 3.8) is 0 Å². The zero-order chi connectivity index (χ0) is 13.4. The third-order valence-electron chi connectivity index (χ3n) is 1.72. The van der Waals surface area contributed by atoms with E-state index in [0.29, 0.717) is 0 Å². The summed E-state index contributed by atoms with van der Waals surface area (Å²) < 4.78 is 0. The molecule has 0 rings (SSSR count). The van der Waals surface area contributed by atoms with Gasteiger partial charge in [0.15, 0.2) is 0 Å². The van der Waals surface area contributed by atoms with E-state index in [-0.39, 0.29) is 13.1 Å². The second kappa shape index (κ2) is 7.17. The summed E-state index contributed by atoms with van der Waals surface area (Å²) in [5, 5.41) is 4.34. The van der Waals surface area contributed by atoms with Crippen molar-refractivity contribution in [2.75, 3.05) is 13.1 Å². The lowest BCUT2D eigenvalue weighted by Crippen LogP contribution is -2.49. The van der Waals surface area contributed by atoms with Crippen LogP contribution in [0.4, 0.5) is 0 Å². The smallest absolute Gasteiger partial charge is 0.240 e. The maximum atomic E-state index is 11.2. The molecule has 0 saturated heterocycles. The molecule has 0 unspecified atom stereocenters. The van der Waals surface area contributed by atoms with Crippen LogP contribution < -0.4 is 27.8 Å².